The number of hydrogen-bond donors (Lipinski definition) is 0. The van der Waals surface area contributed by atoms with E-state index >= 15 is 0 Å². The highest BCUT2D eigenvalue weighted by Gasteiger charge is 2.31. The standard InChI is InChI=1S/C17H22Cl2N2O3/c1-11-8-20(16(23)24-17(2,3)4)10-15(22)21(9-11)12-5-6-13(18)14(19)7-12/h5-7,11H,8-10H2,1-4H3. The SMILES string of the molecule is CC1CN(C(=O)OC(C)(C)C)CC(=O)N(c2ccc(Cl)c(Cl)c2)C1. The molecule has 0 bridgehead atoms. The molecule has 1 aromatic rings. The normalized spacial score (nSPS) is 19.2. The van der Waals surface area contributed by atoms with E-state index in [2.05, 4.69) is 0 Å². The molecule has 24 heavy (non-hydrogen) atoms. The van der Waals surface area contributed by atoms with Crippen molar-refractivity contribution in [1.82, 2.24) is 4.90 Å². The molecule has 132 valence electrons. The number of benzene rings is 1. The lowest BCUT2D eigenvalue weighted by Gasteiger charge is -2.26. The van der Waals surface area contributed by atoms with E-state index in [9.17, 15) is 9.59 Å². The molecule has 0 N–H and O–H groups in total. The molecule has 0 saturated carbocycles. The van der Waals surface area contributed by atoms with Crippen LogP contribution in [0.25, 0.3) is 0 Å². The molecule has 1 aromatic carbocycles. The van der Waals surface area contributed by atoms with Gasteiger partial charge >= 0.3 is 6.09 Å². The zero-order chi connectivity index (χ0) is 18.1. The second-order valence-electron chi connectivity index (χ2n) is 7.07. The highest BCUT2D eigenvalue weighted by molar-refractivity contribution is 6.42. The molecule has 0 spiro atoms. The van der Waals surface area contributed by atoms with Crippen LogP contribution in [0.15, 0.2) is 18.2 Å². The molecule has 1 unspecified atom stereocenters. The Morgan fingerprint density at radius 3 is 2.46 bits per heavy atom. The summed E-state index contributed by atoms with van der Waals surface area (Å²) in [5.41, 5.74) is 0.0753. The summed E-state index contributed by atoms with van der Waals surface area (Å²) >= 11 is 12.0. The predicted molar refractivity (Wildman–Crippen MR) is 95.8 cm³/mol. The number of halogens is 2. The molecule has 1 aliphatic rings. The molecule has 1 saturated heterocycles. The van der Waals surface area contributed by atoms with Crippen LogP contribution in [0.3, 0.4) is 0 Å². The first kappa shape index (κ1) is 18.9. The van der Waals surface area contributed by atoms with Gasteiger partial charge in [-0.1, -0.05) is 30.1 Å². The number of anilines is 1. The van der Waals surface area contributed by atoms with Gasteiger partial charge in [0.15, 0.2) is 0 Å². The van der Waals surface area contributed by atoms with E-state index in [4.69, 9.17) is 27.9 Å². The number of hydrogen-bond acceptors (Lipinski definition) is 3. The number of amides is 2. The van der Waals surface area contributed by atoms with E-state index in [1.165, 1.54) is 4.90 Å². The number of nitrogens with zero attached hydrogens (tertiary/aromatic N) is 2. The van der Waals surface area contributed by atoms with E-state index in [1.807, 2.05) is 6.92 Å². The number of rotatable bonds is 1. The van der Waals surface area contributed by atoms with Crippen molar-refractivity contribution in [1.29, 1.82) is 0 Å². The molecule has 1 fully saturated rings. The highest BCUT2D eigenvalue weighted by Crippen LogP contribution is 2.29. The van der Waals surface area contributed by atoms with Crippen molar-refractivity contribution in [2.75, 3.05) is 24.5 Å². The van der Waals surface area contributed by atoms with Crippen LogP contribution in [-0.4, -0.2) is 42.1 Å². The zero-order valence-corrected chi connectivity index (χ0v) is 15.8. The highest BCUT2D eigenvalue weighted by atomic mass is 35.5. The minimum absolute atomic E-state index is 0.0283. The molecular formula is C17H22Cl2N2O3. The van der Waals surface area contributed by atoms with Crippen LogP contribution in [0.1, 0.15) is 27.7 Å². The molecule has 1 atom stereocenters. The van der Waals surface area contributed by atoms with Gasteiger partial charge < -0.3 is 9.64 Å². The quantitative estimate of drug-likeness (QED) is 0.741. The second kappa shape index (κ2) is 7.19. The fraction of sp³-hybridized carbons (Fsp3) is 0.529. The third kappa shape index (κ3) is 4.77. The smallest absolute Gasteiger partial charge is 0.410 e. The van der Waals surface area contributed by atoms with Gasteiger partial charge in [-0.05, 0) is 44.9 Å². The zero-order valence-electron chi connectivity index (χ0n) is 14.3. The summed E-state index contributed by atoms with van der Waals surface area (Å²) in [5.74, 6) is -0.0815. The summed E-state index contributed by atoms with van der Waals surface area (Å²) in [7, 11) is 0. The summed E-state index contributed by atoms with van der Waals surface area (Å²) in [6, 6.07) is 5.08. The van der Waals surface area contributed by atoms with Crippen molar-refractivity contribution in [2.24, 2.45) is 5.92 Å². The molecule has 2 rings (SSSR count). The second-order valence-corrected chi connectivity index (χ2v) is 7.88. The Kier molecular flexibility index (Phi) is 5.66. The first-order valence-corrected chi connectivity index (χ1v) is 8.56. The van der Waals surface area contributed by atoms with Gasteiger partial charge in [0.05, 0.1) is 10.0 Å². The van der Waals surface area contributed by atoms with Gasteiger partial charge in [0.2, 0.25) is 5.91 Å². The molecule has 1 aliphatic heterocycles. The fourth-order valence-corrected chi connectivity index (χ4v) is 2.82. The summed E-state index contributed by atoms with van der Waals surface area (Å²) in [6.07, 6.45) is -0.473. The average Bonchev–Trinajstić information content (AvgIpc) is 2.59. The first-order valence-electron chi connectivity index (χ1n) is 7.80. The number of carbonyl (C=O) groups is 2. The maximum absolute atomic E-state index is 12.6. The van der Waals surface area contributed by atoms with Crippen molar-refractivity contribution in [3.63, 3.8) is 0 Å². The summed E-state index contributed by atoms with van der Waals surface area (Å²) in [6.45, 7) is 8.32. The van der Waals surface area contributed by atoms with Gasteiger partial charge in [0, 0.05) is 18.8 Å². The Balaban J connectivity index is 2.19. The molecule has 0 aliphatic carbocycles. The predicted octanol–water partition coefficient (Wildman–Crippen LogP) is 4.21. The van der Waals surface area contributed by atoms with Gasteiger partial charge in [0.25, 0.3) is 0 Å². The van der Waals surface area contributed by atoms with Gasteiger partial charge in [-0.3, -0.25) is 9.69 Å². The largest absolute Gasteiger partial charge is 0.444 e. The van der Waals surface area contributed by atoms with E-state index in [-0.39, 0.29) is 18.4 Å². The lowest BCUT2D eigenvalue weighted by atomic mass is 10.1. The summed E-state index contributed by atoms with van der Waals surface area (Å²) in [4.78, 5) is 28.0. The number of ether oxygens (including phenoxy) is 1. The lowest BCUT2D eigenvalue weighted by Crippen LogP contribution is -2.42. The van der Waals surface area contributed by atoms with Crippen LogP contribution >= 0.6 is 23.2 Å². The van der Waals surface area contributed by atoms with E-state index in [1.54, 1.807) is 43.9 Å². The number of carbonyl (C=O) groups excluding carboxylic acids is 2. The van der Waals surface area contributed by atoms with E-state index < -0.39 is 11.7 Å². The third-order valence-electron chi connectivity index (χ3n) is 3.52. The molecule has 2 amide bonds. The van der Waals surface area contributed by atoms with Crippen molar-refractivity contribution in [2.45, 2.75) is 33.3 Å². The Morgan fingerprint density at radius 1 is 1.21 bits per heavy atom. The Hall–Kier alpha value is -1.46. The Labute approximate surface area is 152 Å². The topological polar surface area (TPSA) is 49.9 Å². The van der Waals surface area contributed by atoms with E-state index in [0.717, 1.165) is 0 Å². The van der Waals surface area contributed by atoms with Crippen LogP contribution in [0.2, 0.25) is 10.0 Å². The maximum atomic E-state index is 12.6. The van der Waals surface area contributed by atoms with Crippen LogP contribution < -0.4 is 4.90 Å². The summed E-state index contributed by atoms with van der Waals surface area (Å²) in [5, 5.41) is 0.828. The van der Waals surface area contributed by atoms with Crippen LogP contribution in [0.4, 0.5) is 10.5 Å². The molecule has 7 heteroatoms. The first-order chi connectivity index (χ1) is 11.1. The average molecular weight is 373 g/mol. The van der Waals surface area contributed by atoms with Crippen molar-refractivity contribution < 1.29 is 14.3 Å². The van der Waals surface area contributed by atoms with Gasteiger partial charge in [-0.2, -0.15) is 0 Å². The summed E-state index contributed by atoms with van der Waals surface area (Å²) < 4.78 is 5.38. The van der Waals surface area contributed by atoms with Crippen molar-refractivity contribution in [3.05, 3.63) is 28.2 Å². The molecule has 5 nitrogen and oxygen atoms in total. The molecule has 1 heterocycles. The fourth-order valence-electron chi connectivity index (χ4n) is 2.53. The maximum Gasteiger partial charge on any atom is 0.410 e. The minimum Gasteiger partial charge on any atom is -0.444 e. The van der Waals surface area contributed by atoms with Crippen LogP contribution in [0, 0.1) is 5.92 Å². The van der Waals surface area contributed by atoms with Crippen molar-refractivity contribution in [3.8, 4) is 0 Å². The third-order valence-corrected chi connectivity index (χ3v) is 4.26. The van der Waals surface area contributed by atoms with Gasteiger partial charge in [-0.15, -0.1) is 0 Å². The van der Waals surface area contributed by atoms with Gasteiger partial charge in [-0.25, -0.2) is 4.79 Å². The molecular weight excluding hydrogens is 351 g/mol. The Morgan fingerprint density at radius 2 is 1.88 bits per heavy atom. The Bertz CT molecular complexity index is 643. The monoisotopic (exact) mass is 372 g/mol. The van der Waals surface area contributed by atoms with Crippen molar-refractivity contribution >= 4 is 40.9 Å². The van der Waals surface area contributed by atoms with E-state index in [0.29, 0.717) is 28.8 Å². The van der Waals surface area contributed by atoms with Crippen LogP contribution in [0.5, 0.6) is 0 Å². The van der Waals surface area contributed by atoms with Crippen LogP contribution in [-0.2, 0) is 9.53 Å². The molecule has 0 radical (unpaired) electrons. The molecule has 0 aromatic heterocycles. The lowest BCUT2D eigenvalue weighted by molar-refractivity contribution is -0.119. The van der Waals surface area contributed by atoms with Gasteiger partial charge in [0.1, 0.15) is 12.1 Å². The minimum atomic E-state index is -0.598.